The Labute approximate surface area is 91.6 Å². The molecule has 0 aliphatic carbocycles. The zero-order chi connectivity index (χ0) is 12.0. The number of benzene rings is 1. The SMILES string of the molecule is O=[N+]([O-])/C=C/c1ccc(OCCO)c(O)c1. The number of hydrogen-bond donors (Lipinski definition) is 2. The van der Waals surface area contributed by atoms with Gasteiger partial charge in [-0.15, -0.1) is 0 Å². The average molecular weight is 225 g/mol. The van der Waals surface area contributed by atoms with Crippen molar-refractivity contribution >= 4 is 6.08 Å². The lowest BCUT2D eigenvalue weighted by atomic mass is 10.2. The lowest BCUT2D eigenvalue weighted by molar-refractivity contribution is -0.400. The largest absolute Gasteiger partial charge is 0.504 e. The van der Waals surface area contributed by atoms with Crippen LogP contribution in [0.4, 0.5) is 0 Å². The molecule has 1 aromatic carbocycles. The summed E-state index contributed by atoms with van der Waals surface area (Å²) >= 11 is 0. The maximum absolute atomic E-state index is 10.1. The molecular formula is C10H11NO5. The van der Waals surface area contributed by atoms with E-state index in [1.165, 1.54) is 18.2 Å². The van der Waals surface area contributed by atoms with Crippen LogP contribution >= 0.6 is 0 Å². The van der Waals surface area contributed by atoms with Crippen LogP contribution in [-0.2, 0) is 0 Å². The number of nitro groups is 1. The number of phenols is 1. The van der Waals surface area contributed by atoms with Gasteiger partial charge >= 0.3 is 0 Å². The van der Waals surface area contributed by atoms with Crippen LogP contribution < -0.4 is 4.74 Å². The van der Waals surface area contributed by atoms with Crippen molar-refractivity contribution in [1.82, 2.24) is 0 Å². The molecule has 0 saturated heterocycles. The molecule has 6 heteroatoms. The van der Waals surface area contributed by atoms with Gasteiger partial charge in [-0.1, -0.05) is 6.07 Å². The van der Waals surface area contributed by atoms with Gasteiger partial charge in [0.1, 0.15) is 6.61 Å². The lowest BCUT2D eigenvalue weighted by Crippen LogP contribution is -2.01. The highest BCUT2D eigenvalue weighted by Gasteiger charge is 2.02. The molecule has 0 aromatic heterocycles. The van der Waals surface area contributed by atoms with E-state index in [1.807, 2.05) is 0 Å². The Hall–Kier alpha value is -2.08. The minimum atomic E-state index is -0.590. The van der Waals surface area contributed by atoms with E-state index in [1.54, 1.807) is 6.07 Å². The van der Waals surface area contributed by atoms with Gasteiger partial charge in [0.15, 0.2) is 11.5 Å². The molecule has 0 aliphatic heterocycles. The van der Waals surface area contributed by atoms with Crippen molar-refractivity contribution < 1.29 is 19.9 Å². The van der Waals surface area contributed by atoms with E-state index in [9.17, 15) is 15.2 Å². The second-order valence-electron chi connectivity index (χ2n) is 2.90. The molecule has 1 rings (SSSR count). The summed E-state index contributed by atoms with van der Waals surface area (Å²) in [6, 6.07) is 4.38. The summed E-state index contributed by atoms with van der Waals surface area (Å²) < 4.78 is 5.01. The number of hydrogen-bond acceptors (Lipinski definition) is 5. The fourth-order valence-electron chi connectivity index (χ4n) is 1.06. The summed E-state index contributed by atoms with van der Waals surface area (Å²) in [5.41, 5.74) is 0.491. The molecule has 6 nitrogen and oxygen atoms in total. The summed E-state index contributed by atoms with van der Waals surface area (Å²) in [7, 11) is 0. The molecule has 0 unspecified atom stereocenters. The molecule has 0 fully saturated rings. The van der Waals surface area contributed by atoms with Crippen LogP contribution in [0.2, 0.25) is 0 Å². The maximum Gasteiger partial charge on any atom is 0.235 e. The molecule has 0 saturated carbocycles. The quantitative estimate of drug-likeness (QED) is 0.576. The molecule has 0 amide bonds. The van der Waals surface area contributed by atoms with Crippen LogP contribution in [0.3, 0.4) is 0 Å². The Morgan fingerprint density at radius 3 is 2.81 bits per heavy atom. The first-order valence-corrected chi connectivity index (χ1v) is 4.52. The van der Waals surface area contributed by atoms with Crippen molar-refractivity contribution in [3.05, 3.63) is 40.1 Å². The van der Waals surface area contributed by atoms with Crippen LogP contribution in [0, 0.1) is 10.1 Å². The second kappa shape index (κ2) is 5.72. The van der Waals surface area contributed by atoms with Crippen LogP contribution in [0.1, 0.15) is 5.56 Å². The normalized spacial score (nSPS) is 10.6. The highest BCUT2D eigenvalue weighted by molar-refractivity contribution is 5.54. The zero-order valence-electron chi connectivity index (χ0n) is 8.37. The Morgan fingerprint density at radius 1 is 1.50 bits per heavy atom. The number of nitrogens with zero attached hydrogens (tertiary/aromatic N) is 1. The van der Waals surface area contributed by atoms with Crippen LogP contribution in [-0.4, -0.2) is 28.4 Å². The van der Waals surface area contributed by atoms with E-state index >= 15 is 0 Å². The van der Waals surface area contributed by atoms with Crippen molar-refractivity contribution in [2.45, 2.75) is 0 Å². The van der Waals surface area contributed by atoms with Crippen LogP contribution in [0.25, 0.3) is 6.08 Å². The predicted octanol–water partition coefficient (Wildman–Crippen LogP) is 1.01. The van der Waals surface area contributed by atoms with Crippen molar-refractivity contribution in [3.63, 3.8) is 0 Å². The Balaban J connectivity index is 2.78. The maximum atomic E-state index is 10.1. The third kappa shape index (κ3) is 3.58. The molecule has 16 heavy (non-hydrogen) atoms. The summed E-state index contributed by atoms with van der Waals surface area (Å²) in [6.45, 7) is -0.0694. The fourth-order valence-corrected chi connectivity index (χ4v) is 1.06. The van der Waals surface area contributed by atoms with Gasteiger partial charge in [-0.3, -0.25) is 10.1 Å². The minimum Gasteiger partial charge on any atom is -0.504 e. The Kier molecular flexibility index (Phi) is 4.28. The predicted molar refractivity (Wildman–Crippen MR) is 56.7 cm³/mol. The highest BCUT2D eigenvalue weighted by atomic mass is 16.6. The third-order valence-corrected chi connectivity index (χ3v) is 1.72. The molecule has 0 atom stereocenters. The standard InChI is InChI=1S/C10H11NO5/c12-5-6-16-10-2-1-8(7-9(10)13)3-4-11(14)15/h1-4,7,12-13H,5-6H2/b4-3+. The Morgan fingerprint density at radius 2 is 2.25 bits per heavy atom. The smallest absolute Gasteiger partial charge is 0.235 e. The molecule has 86 valence electrons. The van der Waals surface area contributed by atoms with Crippen LogP contribution in [0.5, 0.6) is 11.5 Å². The number of phenolic OH excluding ortho intramolecular Hbond substituents is 1. The van der Waals surface area contributed by atoms with Gasteiger partial charge in [0.2, 0.25) is 6.20 Å². The van der Waals surface area contributed by atoms with Gasteiger partial charge in [-0.2, -0.15) is 0 Å². The summed E-state index contributed by atoms with van der Waals surface area (Å²) in [5, 5.41) is 28.1. The molecule has 0 bridgehead atoms. The lowest BCUT2D eigenvalue weighted by Gasteiger charge is -2.06. The molecule has 0 radical (unpaired) electrons. The van der Waals surface area contributed by atoms with Crippen molar-refractivity contribution in [3.8, 4) is 11.5 Å². The van der Waals surface area contributed by atoms with E-state index in [0.717, 1.165) is 6.20 Å². The first kappa shape index (κ1) is 12.0. The van der Waals surface area contributed by atoms with E-state index in [4.69, 9.17) is 9.84 Å². The van der Waals surface area contributed by atoms with E-state index < -0.39 is 4.92 Å². The van der Waals surface area contributed by atoms with Gasteiger partial charge in [0, 0.05) is 6.08 Å². The fraction of sp³-hybridized carbons (Fsp3) is 0.200. The minimum absolute atomic E-state index is 0.0810. The molecule has 2 N–H and O–H groups in total. The second-order valence-corrected chi connectivity index (χ2v) is 2.90. The molecule has 0 heterocycles. The monoisotopic (exact) mass is 225 g/mol. The number of ether oxygens (including phenoxy) is 1. The first-order valence-electron chi connectivity index (χ1n) is 4.52. The third-order valence-electron chi connectivity index (χ3n) is 1.72. The van der Waals surface area contributed by atoms with Gasteiger partial charge in [-0.05, 0) is 17.7 Å². The van der Waals surface area contributed by atoms with Gasteiger partial charge < -0.3 is 14.9 Å². The number of rotatable bonds is 5. The zero-order valence-corrected chi connectivity index (χ0v) is 8.37. The summed E-state index contributed by atoms with van der Waals surface area (Å²) in [5.74, 6) is 0.103. The summed E-state index contributed by atoms with van der Waals surface area (Å²) in [4.78, 5) is 9.48. The van der Waals surface area contributed by atoms with Crippen molar-refractivity contribution in [1.29, 1.82) is 0 Å². The molecule has 0 aliphatic rings. The highest BCUT2D eigenvalue weighted by Crippen LogP contribution is 2.27. The topological polar surface area (TPSA) is 92.8 Å². The first-order chi connectivity index (χ1) is 7.63. The van der Waals surface area contributed by atoms with Crippen molar-refractivity contribution in [2.75, 3.05) is 13.2 Å². The van der Waals surface area contributed by atoms with Gasteiger partial charge in [0.25, 0.3) is 0 Å². The van der Waals surface area contributed by atoms with E-state index in [-0.39, 0.29) is 24.7 Å². The van der Waals surface area contributed by atoms with Gasteiger partial charge in [0.05, 0.1) is 11.5 Å². The Bertz CT molecular complexity index is 402. The van der Waals surface area contributed by atoms with E-state index in [0.29, 0.717) is 5.56 Å². The number of aromatic hydroxyl groups is 1. The molecular weight excluding hydrogens is 214 g/mol. The summed E-state index contributed by atoms with van der Waals surface area (Å²) in [6.07, 6.45) is 2.04. The molecule has 1 aromatic rings. The molecule has 0 spiro atoms. The van der Waals surface area contributed by atoms with Crippen molar-refractivity contribution in [2.24, 2.45) is 0 Å². The van der Waals surface area contributed by atoms with Crippen LogP contribution in [0.15, 0.2) is 24.4 Å². The number of aliphatic hydroxyl groups is 1. The number of aliphatic hydroxyl groups excluding tert-OH is 1. The van der Waals surface area contributed by atoms with Gasteiger partial charge in [-0.25, -0.2) is 0 Å². The average Bonchev–Trinajstić information content (AvgIpc) is 2.25. The van der Waals surface area contributed by atoms with E-state index in [2.05, 4.69) is 0 Å².